The van der Waals surface area contributed by atoms with Crippen LogP contribution < -0.4 is 14.9 Å². The fourth-order valence-electron chi connectivity index (χ4n) is 2.53. The quantitative estimate of drug-likeness (QED) is 0.265. The summed E-state index contributed by atoms with van der Waals surface area (Å²) in [5, 5.41) is 24.5. The average molecular weight is 501 g/mol. The molecule has 2 aromatic carbocycles. The molecule has 1 heterocycles. The van der Waals surface area contributed by atoms with E-state index in [1.54, 1.807) is 31.2 Å². The van der Waals surface area contributed by atoms with Crippen LogP contribution in [0.15, 0.2) is 64.3 Å². The minimum atomic E-state index is -0.575. The first-order chi connectivity index (χ1) is 15.4. The van der Waals surface area contributed by atoms with Crippen molar-refractivity contribution >= 4 is 33.7 Å². The number of phenols is 1. The van der Waals surface area contributed by atoms with Gasteiger partial charge in [-0.2, -0.15) is 5.10 Å². The lowest BCUT2D eigenvalue weighted by Crippen LogP contribution is -2.17. The number of ether oxygens (including phenoxy) is 2. The van der Waals surface area contributed by atoms with Gasteiger partial charge in [0.05, 0.1) is 23.3 Å². The molecule has 10 nitrogen and oxygen atoms in total. The molecule has 0 aliphatic heterocycles. The molecule has 32 heavy (non-hydrogen) atoms. The molecule has 3 rings (SSSR count). The van der Waals surface area contributed by atoms with Crippen molar-refractivity contribution in [3.63, 3.8) is 0 Å². The van der Waals surface area contributed by atoms with E-state index in [9.17, 15) is 20.0 Å². The number of hydrogen-bond donors (Lipinski definition) is 2. The number of pyridine rings is 1. The van der Waals surface area contributed by atoms with Gasteiger partial charge in [0.1, 0.15) is 11.9 Å². The highest BCUT2D eigenvalue weighted by Crippen LogP contribution is 2.32. The fraction of sp³-hybridized carbons (Fsp3) is 0.0952. The molecule has 1 aromatic heterocycles. The summed E-state index contributed by atoms with van der Waals surface area (Å²) >= 11 is 3.24. The maximum Gasteiger partial charge on any atom is 0.287 e. The van der Waals surface area contributed by atoms with Gasteiger partial charge >= 0.3 is 0 Å². The van der Waals surface area contributed by atoms with E-state index in [0.717, 1.165) is 6.20 Å². The SMILES string of the molecule is CCOc1cc(/C=N\NC(=O)c2cc(Br)ccc2O)ccc1Oc1ccc([N+](=O)[O-])cn1. The lowest BCUT2D eigenvalue weighted by atomic mass is 10.2. The molecule has 11 heteroatoms. The molecule has 2 N–H and O–H groups in total. The Bertz CT molecular complexity index is 1170. The number of halogens is 1. The number of rotatable bonds is 8. The van der Waals surface area contributed by atoms with Gasteiger partial charge in [0, 0.05) is 16.6 Å². The highest BCUT2D eigenvalue weighted by Gasteiger charge is 2.12. The highest BCUT2D eigenvalue weighted by atomic mass is 79.9. The Kier molecular flexibility index (Phi) is 7.34. The Morgan fingerprint density at radius 2 is 2.06 bits per heavy atom. The van der Waals surface area contributed by atoms with Gasteiger partial charge in [-0.25, -0.2) is 10.4 Å². The summed E-state index contributed by atoms with van der Waals surface area (Å²) in [6.07, 6.45) is 2.51. The number of nitro groups is 1. The third kappa shape index (κ3) is 5.79. The zero-order valence-corrected chi connectivity index (χ0v) is 18.3. The second kappa shape index (κ2) is 10.4. The topological polar surface area (TPSA) is 136 Å². The van der Waals surface area contributed by atoms with Crippen LogP contribution in [0.5, 0.6) is 23.1 Å². The van der Waals surface area contributed by atoms with E-state index in [4.69, 9.17) is 9.47 Å². The van der Waals surface area contributed by atoms with Crippen molar-refractivity contribution in [2.75, 3.05) is 6.61 Å². The number of nitrogens with one attached hydrogen (secondary N) is 1. The van der Waals surface area contributed by atoms with Crippen molar-refractivity contribution < 1.29 is 24.3 Å². The number of hydrogen-bond acceptors (Lipinski definition) is 8. The first-order valence-electron chi connectivity index (χ1n) is 9.24. The first kappa shape index (κ1) is 22.7. The first-order valence-corrected chi connectivity index (χ1v) is 10.0. The van der Waals surface area contributed by atoms with Crippen LogP contribution in [0.25, 0.3) is 0 Å². The van der Waals surface area contributed by atoms with E-state index in [2.05, 4.69) is 31.4 Å². The molecule has 0 bridgehead atoms. The normalized spacial score (nSPS) is 10.7. The number of hydrazone groups is 1. The number of amides is 1. The summed E-state index contributed by atoms with van der Waals surface area (Å²) in [5.74, 6) is 0.176. The maximum atomic E-state index is 12.2. The summed E-state index contributed by atoms with van der Waals surface area (Å²) in [5.41, 5.74) is 2.88. The molecule has 0 aliphatic carbocycles. The zero-order chi connectivity index (χ0) is 23.1. The van der Waals surface area contributed by atoms with Crippen LogP contribution in [-0.4, -0.2) is 33.7 Å². The molecule has 0 unspecified atom stereocenters. The Morgan fingerprint density at radius 3 is 2.75 bits per heavy atom. The third-order valence-electron chi connectivity index (χ3n) is 4.00. The van der Waals surface area contributed by atoms with E-state index < -0.39 is 10.8 Å². The molecule has 0 saturated heterocycles. The van der Waals surface area contributed by atoms with Crippen LogP contribution >= 0.6 is 15.9 Å². The number of aromatic hydroxyl groups is 1. The lowest BCUT2D eigenvalue weighted by molar-refractivity contribution is -0.385. The molecule has 1 amide bonds. The van der Waals surface area contributed by atoms with Gasteiger partial charge in [0.15, 0.2) is 11.5 Å². The van der Waals surface area contributed by atoms with Crippen molar-refractivity contribution in [1.82, 2.24) is 10.4 Å². The van der Waals surface area contributed by atoms with E-state index in [1.807, 2.05) is 0 Å². The van der Waals surface area contributed by atoms with Gasteiger partial charge in [-0.3, -0.25) is 14.9 Å². The average Bonchev–Trinajstić information content (AvgIpc) is 2.77. The summed E-state index contributed by atoms with van der Waals surface area (Å²) in [7, 11) is 0. The molecular formula is C21H17BrN4O6. The van der Waals surface area contributed by atoms with Crippen LogP contribution in [0.3, 0.4) is 0 Å². The monoisotopic (exact) mass is 500 g/mol. The zero-order valence-electron chi connectivity index (χ0n) is 16.7. The maximum absolute atomic E-state index is 12.2. The van der Waals surface area contributed by atoms with Gasteiger partial charge in [-0.15, -0.1) is 0 Å². The Hall–Kier alpha value is -3.99. The van der Waals surface area contributed by atoms with Crippen molar-refractivity contribution in [2.45, 2.75) is 6.92 Å². The van der Waals surface area contributed by atoms with E-state index in [-0.39, 0.29) is 22.9 Å². The summed E-state index contributed by atoms with van der Waals surface area (Å²) in [6, 6.07) is 12.1. The number of phenolic OH excluding ortho intramolecular Hbond substituents is 1. The molecule has 0 spiro atoms. The van der Waals surface area contributed by atoms with Crippen LogP contribution in [0.1, 0.15) is 22.8 Å². The number of aromatic nitrogens is 1. The minimum absolute atomic E-state index is 0.0749. The predicted molar refractivity (Wildman–Crippen MR) is 119 cm³/mol. The molecule has 0 fully saturated rings. The molecule has 0 saturated carbocycles. The van der Waals surface area contributed by atoms with Crippen LogP contribution in [0.4, 0.5) is 5.69 Å². The smallest absolute Gasteiger partial charge is 0.287 e. The molecule has 0 radical (unpaired) electrons. The third-order valence-corrected chi connectivity index (χ3v) is 4.49. The highest BCUT2D eigenvalue weighted by molar-refractivity contribution is 9.10. The van der Waals surface area contributed by atoms with Gasteiger partial charge in [0.25, 0.3) is 11.6 Å². The van der Waals surface area contributed by atoms with Gasteiger partial charge < -0.3 is 14.6 Å². The van der Waals surface area contributed by atoms with E-state index in [0.29, 0.717) is 28.1 Å². The molecule has 0 aliphatic rings. The standard InChI is InChI=1S/C21H17BrN4O6/c1-2-31-19-9-13(11-24-25-21(28)16-10-14(22)4-6-17(16)27)3-7-18(19)32-20-8-5-15(12-23-20)26(29)30/h3-12,27H,2H2,1H3,(H,25,28)/b24-11-. The van der Waals surface area contributed by atoms with Crippen LogP contribution in [0, 0.1) is 10.1 Å². The van der Waals surface area contributed by atoms with Gasteiger partial charge in [0.2, 0.25) is 5.88 Å². The molecule has 3 aromatic rings. The number of benzene rings is 2. The van der Waals surface area contributed by atoms with Gasteiger partial charge in [-0.05, 0) is 48.9 Å². The molecule has 0 atom stereocenters. The number of nitrogens with zero attached hydrogens (tertiary/aromatic N) is 3. The van der Waals surface area contributed by atoms with Crippen molar-refractivity contribution in [1.29, 1.82) is 0 Å². The molecular weight excluding hydrogens is 484 g/mol. The second-order valence-electron chi connectivity index (χ2n) is 6.21. The van der Waals surface area contributed by atoms with Crippen molar-refractivity contribution in [3.8, 4) is 23.1 Å². The second-order valence-corrected chi connectivity index (χ2v) is 7.13. The summed E-state index contributed by atoms with van der Waals surface area (Å²) < 4.78 is 11.9. The number of carbonyl (C=O) groups excluding carboxylic acids is 1. The Labute approximate surface area is 190 Å². The summed E-state index contributed by atoms with van der Waals surface area (Å²) in [4.78, 5) is 26.3. The van der Waals surface area contributed by atoms with Crippen LogP contribution in [-0.2, 0) is 0 Å². The minimum Gasteiger partial charge on any atom is -0.507 e. The van der Waals surface area contributed by atoms with Crippen molar-refractivity contribution in [2.24, 2.45) is 5.10 Å². The predicted octanol–water partition coefficient (Wildman–Crippen LogP) is 4.41. The summed E-state index contributed by atoms with van der Waals surface area (Å²) in [6.45, 7) is 2.17. The van der Waals surface area contributed by atoms with Crippen molar-refractivity contribution in [3.05, 3.63) is 80.4 Å². The lowest BCUT2D eigenvalue weighted by Gasteiger charge is -2.11. The fourth-order valence-corrected chi connectivity index (χ4v) is 2.89. The molecule has 164 valence electrons. The largest absolute Gasteiger partial charge is 0.507 e. The van der Waals surface area contributed by atoms with Gasteiger partial charge in [-0.1, -0.05) is 15.9 Å². The Morgan fingerprint density at radius 1 is 1.25 bits per heavy atom. The Balaban J connectivity index is 1.72. The number of carbonyl (C=O) groups is 1. The van der Waals surface area contributed by atoms with E-state index >= 15 is 0 Å². The van der Waals surface area contributed by atoms with E-state index in [1.165, 1.54) is 30.5 Å². The van der Waals surface area contributed by atoms with Crippen LogP contribution in [0.2, 0.25) is 0 Å².